The van der Waals surface area contributed by atoms with Crippen LogP contribution < -0.4 is 4.74 Å². The van der Waals surface area contributed by atoms with E-state index >= 15 is 0 Å². The van der Waals surface area contributed by atoms with Crippen molar-refractivity contribution in [3.05, 3.63) is 71.3 Å². The number of carbonyl (C=O) groups excluding carboxylic acids is 1. The summed E-state index contributed by atoms with van der Waals surface area (Å²) in [5.41, 5.74) is 2.82. The minimum absolute atomic E-state index is 0.0224. The molecule has 0 saturated heterocycles. The van der Waals surface area contributed by atoms with Crippen molar-refractivity contribution in [1.82, 2.24) is 0 Å². The van der Waals surface area contributed by atoms with Crippen molar-refractivity contribution in [2.45, 2.75) is 19.8 Å². The lowest BCUT2D eigenvalue weighted by atomic mass is 9.92. The average molecular weight is 338 g/mol. The average Bonchev–Trinajstić information content (AvgIpc) is 2.59. The second-order valence-electron chi connectivity index (χ2n) is 5.97. The molecule has 0 bridgehead atoms. The molecule has 2 rings (SSSR count). The molecular weight excluding hydrogens is 316 g/mol. The Morgan fingerprint density at radius 3 is 2.40 bits per heavy atom. The van der Waals surface area contributed by atoms with Gasteiger partial charge < -0.3 is 14.9 Å². The number of benzene rings is 2. The molecule has 4 nitrogen and oxygen atoms in total. The molecule has 130 valence electrons. The van der Waals surface area contributed by atoms with Gasteiger partial charge in [-0.1, -0.05) is 19.1 Å². The van der Waals surface area contributed by atoms with Crippen LogP contribution in [0.25, 0.3) is 6.08 Å². The zero-order valence-electron chi connectivity index (χ0n) is 14.6. The molecule has 1 atom stereocenters. The number of methoxy groups -OCH3 is 1. The van der Waals surface area contributed by atoms with Crippen molar-refractivity contribution in [3.63, 3.8) is 0 Å². The predicted octanol–water partition coefficient (Wildman–Crippen LogP) is 4.68. The van der Waals surface area contributed by atoms with Gasteiger partial charge in [-0.3, -0.25) is 4.79 Å². The van der Waals surface area contributed by atoms with Crippen LogP contribution in [0.1, 0.15) is 41.3 Å². The topological polar surface area (TPSA) is 66.8 Å². The van der Waals surface area contributed by atoms with Crippen LogP contribution in [0.15, 0.2) is 54.6 Å². The number of aromatic hydroxyl groups is 2. The minimum Gasteiger partial charge on any atom is -0.508 e. The normalized spacial score (nSPS) is 12.1. The van der Waals surface area contributed by atoms with Gasteiger partial charge in [0.05, 0.1) is 7.11 Å². The van der Waals surface area contributed by atoms with Crippen molar-refractivity contribution >= 4 is 11.9 Å². The number of rotatable bonds is 6. The van der Waals surface area contributed by atoms with E-state index in [1.165, 1.54) is 25.3 Å². The first kappa shape index (κ1) is 18.3. The third-order valence-electron chi connectivity index (χ3n) is 4.15. The van der Waals surface area contributed by atoms with Crippen molar-refractivity contribution in [3.8, 4) is 17.2 Å². The molecule has 0 fully saturated rings. The Morgan fingerprint density at radius 1 is 1.20 bits per heavy atom. The van der Waals surface area contributed by atoms with Crippen LogP contribution in [0.4, 0.5) is 0 Å². The van der Waals surface area contributed by atoms with Crippen LogP contribution >= 0.6 is 0 Å². The van der Waals surface area contributed by atoms with Gasteiger partial charge in [0.15, 0.2) is 5.78 Å². The largest absolute Gasteiger partial charge is 0.508 e. The highest BCUT2D eigenvalue weighted by Gasteiger charge is 2.15. The lowest BCUT2D eigenvalue weighted by Gasteiger charge is -2.16. The Morgan fingerprint density at radius 2 is 1.84 bits per heavy atom. The number of carbonyl (C=O) groups is 1. The number of phenols is 2. The highest BCUT2D eigenvalue weighted by Crippen LogP contribution is 2.36. The summed E-state index contributed by atoms with van der Waals surface area (Å²) in [6.07, 6.45) is 3.10. The number of ether oxygens (including phenoxy) is 1. The van der Waals surface area contributed by atoms with E-state index in [1.807, 2.05) is 13.8 Å². The van der Waals surface area contributed by atoms with E-state index in [9.17, 15) is 15.0 Å². The van der Waals surface area contributed by atoms with Crippen molar-refractivity contribution < 1.29 is 19.7 Å². The van der Waals surface area contributed by atoms with Crippen LogP contribution in [-0.4, -0.2) is 23.1 Å². The quantitative estimate of drug-likeness (QED) is 0.456. The van der Waals surface area contributed by atoms with E-state index < -0.39 is 0 Å². The molecule has 0 heterocycles. The third-order valence-corrected chi connectivity index (χ3v) is 4.15. The standard InChI is InChI=1S/C21H22O4/c1-13(2)14(3)18-11-16(21(25-4)12-20(18)24)7-10-19(23)15-5-8-17(22)9-6-15/h5-12,14,22,24H,1H2,2-4H3/b10-7-/t14-/m0/s1. The summed E-state index contributed by atoms with van der Waals surface area (Å²) in [5, 5.41) is 19.5. The molecule has 0 radical (unpaired) electrons. The maximum atomic E-state index is 12.3. The molecule has 2 N–H and O–H groups in total. The smallest absolute Gasteiger partial charge is 0.185 e. The molecule has 0 aliphatic carbocycles. The van der Waals surface area contributed by atoms with E-state index in [0.29, 0.717) is 16.9 Å². The number of hydrogen-bond acceptors (Lipinski definition) is 4. The molecule has 4 heteroatoms. The summed E-state index contributed by atoms with van der Waals surface area (Å²) >= 11 is 0. The molecule has 0 saturated carbocycles. The second kappa shape index (κ2) is 7.71. The molecule has 0 unspecified atom stereocenters. The van der Waals surface area contributed by atoms with Crippen LogP contribution in [0.2, 0.25) is 0 Å². The monoisotopic (exact) mass is 338 g/mol. The van der Waals surface area contributed by atoms with Crippen molar-refractivity contribution in [2.24, 2.45) is 0 Å². The van der Waals surface area contributed by atoms with E-state index in [4.69, 9.17) is 4.74 Å². The van der Waals surface area contributed by atoms with E-state index in [1.54, 1.807) is 30.3 Å². The highest BCUT2D eigenvalue weighted by atomic mass is 16.5. The first-order valence-electron chi connectivity index (χ1n) is 7.91. The fourth-order valence-electron chi connectivity index (χ4n) is 2.41. The summed E-state index contributed by atoms with van der Waals surface area (Å²) in [4.78, 5) is 12.3. The molecule has 2 aromatic carbocycles. The molecule has 25 heavy (non-hydrogen) atoms. The molecule has 0 spiro atoms. The highest BCUT2D eigenvalue weighted by molar-refractivity contribution is 6.07. The van der Waals surface area contributed by atoms with Crippen LogP contribution in [0.3, 0.4) is 0 Å². The van der Waals surface area contributed by atoms with Crippen molar-refractivity contribution in [1.29, 1.82) is 0 Å². The Balaban J connectivity index is 2.36. The first-order valence-corrected chi connectivity index (χ1v) is 7.91. The van der Waals surface area contributed by atoms with Crippen LogP contribution in [-0.2, 0) is 0 Å². The van der Waals surface area contributed by atoms with Gasteiger partial charge in [0.1, 0.15) is 17.2 Å². The summed E-state index contributed by atoms with van der Waals surface area (Å²) < 4.78 is 5.30. The van der Waals surface area contributed by atoms with Gasteiger partial charge in [0, 0.05) is 28.7 Å². The van der Waals surface area contributed by atoms with Gasteiger partial charge in [-0.2, -0.15) is 0 Å². The zero-order valence-corrected chi connectivity index (χ0v) is 14.6. The Kier molecular flexibility index (Phi) is 5.65. The van der Waals surface area contributed by atoms with E-state index in [0.717, 1.165) is 11.1 Å². The number of ketones is 1. The van der Waals surface area contributed by atoms with Gasteiger partial charge in [-0.15, -0.1) is 0 Å². The second-order valence-corrected chi connectivity index (χ2v) is 5.97. The molecule has 0 aromatic heterocycles. The van der Waals surface area contributed by atoms with Gasteiger partial charge in [-0.05, 0) is 49.4 Å². The predicted molar refractivity (Wildman–Crippen MR) is 99.4 cm³/mol. The summed E-state index contributed by atoms with van der Waals surface area (Å²) in [5.74, 6) is 0.508. The number of allylic oxidation sites excluding steroid dienone is 2. The zero-order chi connectivity index (χ0) is 18.6. The lowest BCUT2D eigenvalue weighted by Crippen LogP contribution is -1.98. The van der Waals surface area contributed by atoms with Crippen LogP contribution in [0.5, 0.6) is 17.2 Å². The number of hydrogen-bond donors (Lipinski definition) is 2. The lowest BCUT2D eigenvalue weighted by molar-refractivity contribution is 0.104. The molecule has 0 aliphatic heterocycles. The SMILES string of the molecule is C=C(C)[C@H](C)c1cc(/C=C\C(=O)c2ccc(O)cc2)c(OC)cc1O. The van der Waals surface area contributed by atoms with Gasteiger partial charge in [0.2, 0.25) is 0 Å². The molecule has 2 aromatic rings. The van der Waals surface area contributed by atoms with Gasteiger partial charge in [0.25, 0.3) is 0 Å². The minimum atomic E-state index is -0.190. The summed E-state index contributed by atoms with van der Waals surface area (Å²) in [6.45, 7) is 7.79. The molecule has 0 amide bonds. The van der Waals surface area contributed by atoms with Crippen LogP contribution in [0, 0.1) is 0 Å². The Hall–Kier alpha value is -3.01. The fraction of sp³-hybridized carbons (Fsp3) is 0.190. The molecular formula is C21H22O4. The van der Waals surface area contributed by atoms with Crippen molar-refractivity contribution in [2.75, 3.05) is 7.11 Å². The van der Waals surface area contributed by atoms with E-state index in [-0.39, 0.29) is 23.2 Å². The first-order chi connectivity index (χ1) is 11.8. The van der Waals surface area contributed by atoms with Gasteiger partial charge in [-0.25, -0.2) is 0 Å². The Bertz CT molecular complexity index is 817. The maximum Gasteiger partial charge on any atom is 0.185 e. The summed E-state index contributed by atoms with van der Waals surface area (Å²) in [6, 6.07) is 9.40. The fourth-order valence-corrected chi connectivity index (χ4v) is 2.41. The number of phenolic OH excluding ortho intramolecular Hbond substituents is 2. The molecule has 0 aliphatic rings. The Labute approximate surface area is 147 Å². The van der Waals surface area contributed by atoms with E-state index in [2.05, 4.69) is 6.58 Å². The maximum absolute atomic E-state index is 12.3. The summed E-state index contributed by atoms with van der Waals surface area (Å²) in [7, 11) is 1.51. The van der Waals surface area contributed by atoms with Gasteiger partial charge >= 0.3 is 0 Å². The third kappa shape index (κ3) is 4.29.